The third kappa shape index (κ3) is 5.04. The summed E-state index contributed by atoms with van der Waals surface area (Å²) in [6, 6.07) is 2.89. The molecule has 1 fully saturated rings. The van der Waals surface area contributed by atoms with Gasteiger partial charge in [-0.1, -0.05) is 47.6 Å². The molecule has 22 heavy (non-hydrogen) atoms. The van der Waals surface area contributed by atoms with Crippen LogP contribution in [-0.4, -0.2) is 18.5 Å². The predicted molar refractivity (Wildman–Crippen MR) is 87.6 cm³/mol. The van der Waals surface area contributed by atoms with E-state index in [9.17, 15) is 9.59 Å². The summed E-state index contributed by atoms with van der Waals surface area (Å²) in [6.45, 7) is -0.345. The molecule has 0 heterocycles. The van der Waals surface area contributed by atoms with E-state index in [4.69, 9.17) is 39.5 Å². The van der Waals surface area contributed by atoms with E-state index in [1.165, 1.54) is 12.1 Å². The van der Waals surface area contributed by atoms with Gasteiger partial charge in [0.2, 0.25) is 0 Å². The fourth-order valence-electron chi connectivity index (χ4n) is 2.46. The number of carbonyl (C=O) groups is 2. The molecule has 4 nitrogen and oxygen atoms in total. The lowest BCUT2D eigenvalue weighted by atomic mass is 10.1. The molecule has 0 radical (unpaired) electrons. The number of rotatable bonds is 5. The highest BCUT2D eigenvalue weighted by Crippen LogP contribution is 2.32. The average Bonchev–Trinajstić information content (AvgIpc) is 2.95. The van der Waals surface area contributed by atoms with Crippen LogP contribution < -0.4 is 5.32 Å². The SMILES string of the molecule is O=C(COC(=O)CC1CCCC1)Nc1cc(Cl)c(Cl)cc1Cl. The van der Waals surface area contributed by atoms with Gasteiger partial charge in [0.15, 0.2) is 6.61 Å². The Labute approximate surface area is 144 Å². The Kier molecular flexibility index (Phi) is 6.36. The summed E-state index contributed by atoms with van der Waals surface area (Å²) in [5.74, 6) is -0.428. The summed E-state index contributed by atoms with van der Waals surface area (Å²) in [6.07, 6.45) is 4.81. The zero-order valence-corrected chi connectivity index (χ0v) is 14.1. The lowest BCUT2D eigenvalue weighted by molar-refractivity contribution is -0.148. The van der Waals surface area contributed by atoms with Crippen molar-refractivity contribution >= 4 is 52.4 Å². The number of carbonyl (C=O) groups excluding carboxylic acids is 2. The molecule has 7 heteroatoms. The van der Waals surface area contributed by atoms with Gasteiger partial charge in [-0.15, -0.1) is 0 Å². The first-order valence-electron chi connectivity index (χ1n) is 7.05. The molecule has 1 saturated carbocycles. The van der Waals surface area contributed by atoms with E-state index in [1.807, 2.05) is 0 Å². The van der Waals surface area contributed by atoms with Crippen LogP contribution in [0.4, 0.5) is 5.69 Å². The molecule has 0 atom stereocenters. The number of nitrogens with one attached hydrogen (secondary N) is 1. The van der Waals surface area contributed by atoms with Crippen LogP contribution in [0.5, 0.6) is 0 Å². The van der Waals surface area contributed by atoms with E-state index in [1.54, 1.807) is 0 Å². The molecule has 1 amide bonds. The Morgan fingerprint density at radius 2 is 1.73 bits per heavy atom. The Balaban J connectivity index is 1.80. The minimum atomic E-state index is -0.472. The van der Waals surface area contributed by atoms with Gasteiger partial charge in [0.05, 0.1) is 20.8 Å². The van der Waals surface area contributed by atoms with Crippen molar-refractivity contribution in [1.82, 2.24) is 0 Å². The highest BCUT2D eigenvalue weighted by Gasteiger charge is 2.20. The molecule has 0 bridgehead atoms. The van der Waals surface area contributed by atoms with Crippen LogP contribution in [0.1, 0.15) is 32.1 Å². The first kappa shape index (κ1) is 17.4. The fraction of sp³-hybridized carbons (Fsp3) is 0.467. The van der Waals surface area contributed by atoms with Crippen molar-refractivity contribution in [3.63, 3.8) is 0 Å². The largest absolute Gasteiger partial charge is 0.456 e. The van der Waals surface area contributed by atoms with E-state index < -0.39 is 5.91 Å². The van der Waals surface area contributed by atoms with Crippen molar-refractivity contribution in [3.8, 4) is 0 Å². The Morgan fingerprint density at radius 3 is 2.41 bits per heavy atom. The summed E-state index contributed by atoms with van der Waals surface area (Å²) >= 11 is 17.6. The normalized spacial score (nSPS) is 14.9. The number of esters is 1. The molecular formula is C15H16Cl3NO3. The summed E-state index contributed by atoms with van der Waals surface area (Å²) in [7, 11) is 0. The zero-order chi connectivity index (χ0) is 16.1. The van der Waals surface area contributed by atoms with E-state index in [-0.39, 0.29) is 22.6 Å². The number of benzene rings is 1. The van der Waals surface area contributed by atoms with Crippen molar-refractivity contribution in [2.45, 2.75) is 32.1 Å². The highest BCUT2D eigenvalue weighted by molar-refractivity contribution is 6.44. The van der Waals surface area contributed by atoms with E-state index in [2.05, 4.69) is 5.32 Å². The van der Waals surface area contributed by atoms with Crippen molar-refractivity contribution in [3.05, 3.63) is 27.2 Å². The first-order valence-corrected chi connectivity index (χ1v) is 8.19. The van der Waals surface area contributed by atoms with Gasteiger partial charge in [0, 0.05) is 6.42 Å². The monoisotopic (exact) mass is 363 g/mol. The second-order valence-electron chi connectivity index (χ2n) is 5.31. The number of hydrogen-bond donors (Lipinski definition) is 1. The van der Waals surface area contributed by atoms with Crippen LogP contribution in [0.3, 0.4) is 0 Å². The molecule has 1 aliphatic carbocycles. The summed E-state index contributed by atoms with van der Waals surface area (Å²) in [4.78, 5) is 23.4. The molecule has 1 aromatic carbocycles. The smallest absolute Gasteiger partial charge is 0.306 e. The van der Waals surface area contributed by atoms with Crippen molar-refractivity contribution < 1.29 is 14.3 Å². The summed E-state index contributed by atoms with van der Waals surface area (Å²) in [5, 5.41) is 3.38. The molecule has 0 saturated heterocycles. The van der Waals surface area contributed by atoms with Gasteiger partial charge in [0.25, 0.3) is 5.91 Å². The average molecular weight is 365 g/mol. The standard InChI is InChI=1S/C15H16Cl3NO3/c16-10-6-12(18)13(7-11(10)17)19-14(20)8-22-15(21)5-9-3-1-2-4-9/h6-7,9H,1-5,8H2,(H,19,20). The van der Waals surface area contributed by atoms with Gasteiger partial charge >= 0.3 is 5.97 Å². The molecule has 120 valence electrons. The molecule has 0 aromatic heterocycles. The van der Waals surface area contributed by atoms with E-state index in [0.29, 0.717) is 23.0 Å². The zero-order valence-electron chi connectivity index (χ0n) is 11.8. The van der Waals surface area contributed by atoms with Crippen LogP contribution >= 0.6 is 34.8 Å². The summed E-state index contributed by atoms with van der Waals surface area (Å²) in [5.41, 5.74) is 0.327. The van der Waals surface area contributed by atoms with Gasteiger partial charge in [-0.3, -0.25) is 9.59 Å². The lowest BCUT2D eigenvalue weighted by Gasteiger charge is -2.10. The molecule has 0 spiro atoms. The van der Waals surface area contributed by atoms with Crippen molar-refractivity contribution in [2.75, 3.05) is 11.9 Å². The predicted octanol–water partition coefficient (Wildman–Crippen LogP) is 4.71. The molecule has 1 aliphatic rings. The Bertz CT molecular complexity index is 571. The minimum Gasteiger partial charge on any atom is -0.456 e. The second-order valence-corrected chi connectivity index (χ2v) is 6.53. The number of amides is 1. The molecule has 1 aromatic rings. The van der Waals surface area contributed by atoms with E-state index in [0.717, 1.165) is 25.7 Å². The topological polar surface area (TPSA) is 55.4 Å². The third-order valence-corrected chi connectivity index (χ3v) is 4.61. The summed E-state index contributed by atoms with van der Waals surface area (Å²) < 4.78 is 4.98. The van der Waals surface area contributed by atoms with Crippen molar-refractivity contribution in [2.24, 2.45) is 5.92 Å². The molecular weight excluding hydrogens is 349 g/mol. The van der Waals surface area contributed by atoms with Crippen LogP contribution in [-0.2, 0) is 14.3 Å². The molecule has 1 N–H and O–H groups in total. The number of ether oxygens (including phenoxy) is 1. The first-order chi connectivity index (χ1) is 10.5. The maximum atomic E-state index is 11.8. The number of anilines is 1. The molecule has 2 rings (SSSR count). The van der Waals surface area contributed by atoms with Crippen LogP contribution in [0.25, 0.3) is 0 Å². The van der Waals surface area contributed by atoms with Gasteiger partial charge in [-0.2, -0.15) is 0 Å². The molecule has 0 aliphatic heterocycles. The maximum absolute atomic E-state index is 11.8. The Hall–Kier alpha value is -0.970. The van der Waals surface area contributed by atoms with Crippen LogP contribution in [0, 0.1) is 5.92 Å². The lowest BCUT2D eigenvalue weighted by Crippen LogP contribution is -2.21. The number of hydrogen-bond acceptors (Lipinski definition) is 3. The molecule has 0 unspecified atom stereocenters. The van der Waals surface area contributed by atoms with Gasteiger partial charge < -0.3 is 10.1 Å². The van der Waals surface area contributed by atoms with Gasteiger partial charge in [0.1, 0.15) is 0 Å². The minimum absolute atomic E-state index is 0.264. The Morgan fingerprint density at radius 1 is 1.09 bits per heavy atom. The quantitative estimate of drug-likeness (QED) is 0.608. The fourth-order valence-corrected chi connectivity index (χ4v) is 3.05. The van der Waals surface area contributed by atoms with Gasteiger partial charge in [-0.05, 0) is 30.9 Å². The number of halogens is 3. The van der Waals surface area contributed by atoms with Crippen LogP contribution in [0.15, 0.2) is 12.1 Å². The van der Waals surface area contributed by atoms with E-state index >= 15 is 0 Å². The second kappa shape index (κ2) is 8.04. The van der Waals surface area contributed by atoms with Crippen LogP contribution in [0.2, 0.25) is 15.1 Å². The highest BCUT2D eigenvalue weighted by atomic mass is 35.5. The maximum Gasteiger partial charge on any atom is 0.306 e. The van der Waals surface area contributed by atoms with Gasteiger partial charge in [-0.25, -0.2) is 0 Å². The van der Waals surface area contributed by atoms with Crippen molar-refractivity contribution in [1.29, 1.82) is 0 Å². The third-order valence-electron chi connectivity index (χ3n) is 3.58.